The second kappa shape index (κ2) is 6.76. The number of nitrogens with zero attached hydrogens (tertiary/aromatic N) is 2. The van der Waals surface area contributed by atoms with E-state index in [9.17, 15) is 8.42 Å². The van der Waals surface area contributed by atoms with Gasteiger partial charge >= 0.3 is 0 Å². The van der Waals surface area contributed by atoms with Crippen LogP contribution in [0.25, 0.3) is 11.3 Å². The summed E-state index contributed by atoms with van der Waals surface area (Å²) in [6, 6.07) is 10.5. The van der Waals surface area contributed by atoms with Crippen LogP contribution in [-0.4, -0.2) is 18.4 Å². The lowest BCUT2D eigenvalue weighted by Crippen LogP contribution is -2.22. The molecule has 118 valence electrons. The molecule has 0 radical (unpaired) electrons. The van der Waals surface area contributed by atoms with Gasteiger partial charge < -0.3 is 0 Å². The van der Waals surface area contributed by atoms with E-state index in [0.29, 0.717) is 4.34 Å². The lowest BCUT2D eigenvalue weighted by Gasteiger charge is -2.06. The predicted octanol–water partition coefficient (Wildman–Crippen LogP) is 3.34. The molecule has 0 fully saturated rings. The average molecular weight is 366 g/mol. The van der Waals surface area contributed by atoms with Gasteiger partial charge in [0.05, 0.1) is 10.0 Å². The van der Waals surface area contributed by atoms with Gasteiger partial charge in [0.25, 0.3) is 0 Å². The van der Waals surface area contributed by atoms with Gasteiger partial charge in [0.15, 0.2) is 0 Å². The van der Waals surface area contributed by atoms with Crippen LogP contribution in [0.2, 0.25) is 4.34 Å². The van der Waals surface area contributed by atoms with Gasteiger partial charge in [-0.15, -0.1) is 11.3 Å². The van der Waals surface area contributed by atoms with Crippen molar-refractivity contribution in [3.05, 3.63) is 64.9 Å². The van der Waals surface area contributed by atoms with Crippen LogP contribution in [-0.2, 0) is 16.6 Å². The molecule has 0 aliphatic heterocycles. The molecule has 5 nitrogen and oxygen atoms in total. The lowest BCUT2D eigenvalue weighted by atomic mass is 10.1. The largest absolute Gasteiger partial charge is 0.264 e. The number of sulfonamides is 1. The van der Waals surface area contributed by atoms with Gasteiger partial charge in [0.2, 0.25) is 10.0 Å². The van der Waals surface area contributed by atoms with E-state index < -0.39 is 10.0 Å². The number of nitrogens with one attached hydrogen (secondary N) is 1. The van der Waals surface area contributed by atoms with Crippen LogP contribution in [0.1, 0.15) is 5.56 Å². The maximum atomic E-state index is 12.1. The number of pyridine rings is 2. The van der Waals surface area contributed by atoms with E-state index in [-0.39, 0.29) is 10.8 Å². The first kappa shape index (κ1) is 16.1. The number of hydrogen-bond acceptors (Lipinski definition) is 5. The lowest BCUT2D eigenvalue weighted by molar-refractivity contribution is 0.583. The van der Waals surface area contributed by atoms with E-state index in [4.69, 9.17) is 11.6 Å². The van der Waals surface area contributed by atoms with Crippen LogP contribution in [0.15, 0.2) is 59.2 Å². The fraction of sp³-hybridized carbons (Fsp3) is 0.0667. The smallest absolute Gasteiger partial charge is 0.250 e. The summed E-state index contributed by atoms with van der Waals surface area (Å²) >= 11 is 6.79. The Bertz CT molecular complexity index is 894. The van der Waals surface area contributed by atoms with E-state index in [1.54, 1.807) is 24.7 Å². The van der Waals surface area contributed by atoms with Crippen molar-refractivity contribution in [3.63, 3.8) is 0 Å². The second-order valence-corrected chi connectivity index (χ2v) is 8.39. The zero-order valence-electron chi connectivity index (χ0n) is 11.8. The minimum atomic E-state index is -3.55. The predicted molar refractivity (Wildman–Crippen MR) is 90.8 cm³/mol. The molecule has 0 saturated heterocycles. The molecule has 0 unspecified atom stereocenters. The van der Waals surface area contributed by atoms with Gasteiger partial charge in [-0.05, 0) is 35.9 Å². The SMILES string of the molecule is O=S(=O)(NCc1ccc(-c2cccnc2)nc1)c1ccc(Cl)s1. The van der Waals surface area contributed by atoms with Crippen LogP contribution in [0.4, 0.5) is 0 Å². The van der Waals surface area contributed by atoms with Crippen molar-refractivity contribution in [2.24, 2.45) is 0 Å². The van der Waals surface area contributed by atoms with Crippen molar-refractivity contribution in [2.75, 3.05) is 0 Å². The van der Waals surface area contributed by atoms with Crippen molar-refractivity contribution in [1.29, 1.82) is 0 Å². The third-order valence-electron chi connectivity index (χ3n) is 3.06. The normalized spacial score (nSPS) is 11.5. The molecule has 23 heavy (non-hydrogen) atoms. The molecular weight excluding hydrogens is 354 g/mol. The Kier molecular flexibility index (Phi) is 4.72. The zero-order valence-corrected chi connectivity index (χ0v) is 14.2. The molecule has 0 bridgehead atoms. The summed E-state index contributed by atoms with van der Waals surface area (Å²) < 4.78 is 27.4. The fourth-order valence-electron chi connectivity index (χ4n) is 1.91. The Morgan fingerprint density at radius 2 is 2.00 bits per heavy atom. The first-order valence-electron chi connectivity index (χ1n) is 6.65. The van der Waals surface area contributed by atoms with Gasteiger partial charge in [0.1, 0.15) is 4.21 Å². The number of thiophene rings is 1. The number of halogens is 1. The monoisotopic (exact) mass is 365 g/mol. The Morgan fingerprint density at radius 1 is 1.13 bits per heavy atom. The highest BCUT2D eigenvalue weighted by Crippen LogP contribution is 2.25. The summed E-state index contributed by atoms with van der Waals surface area (Å²) in [5.74, 6) is 0. The summed E-state index contributed by atoms with van der Waals surface area (Å²) in [6.07, 6.45) is 5.07. The van der Waals surface area contributed by atoms with Crippen molar-refractivity contribution in [2.45, 2.75) is 10.8 Å². The summed E-state index contributed by atoms with van der Waals surface area (Å²) in [5.41, 5.74) is 2.46. The van der Waals surface area contributed by atoms with Crippen LogP contribution in [0.3, 0.4) is 0 Å². The van der Waals surface area contributed by atoms with Crippen LogP contribution >= 0.6 is 22.9 Å². The highest BCUT2D eigenvalue weighted by atomic mass is 35.5. The first-order chi connectivity index (χ1) is 11.0. The third-order valence-corrected chi connectivity index (χ3v) is 6.19. The summed E-state index contributed by atoms with van der Waals surface area (Å²) in [6.45, 7) is 0.165. The van der Waals surface area contributed by atoms with E-state index >= 15 is 0 Å². The van der Waals surface area contributed by atoms with Crippen LogP contribution in [0.5, 0.6) is 0 Å². The second-order valence-electron chi connectivity index (χ2n) is 4.68. The molecule has 0 aromatic carbocycles. The van der Waals surface area contributed by atoms with Crippen molar-refractivity contribution < 1.29 is 8.42 Å². The van der Waals surface area contributed by atoms with Gasteiger partial charge in [-0.25, -0.2) is 13.1 Å². The number of aromatic nitrogens is 2. The molecule has 3 aromatic heterocycles. The molecule has 8 heteroatoms. The van der Waals surface area contributed by atoms with E-state index in [2.05, 4.69) is 14.7 Å². The standard InChI is InChI=1S/C15H12ClN3O2S2/c16-14-5-6-15(22-14)23(20,21)19-9-11-3-4-13(18-8-11)12-2-1-7-17-10-12/h1-8,10,19H,9H2. The molecule has 3 aromatic rings. The van der Waals surface area contributed by atoms with Crippen molar-refractivity contribution in [3.8, 4) is 11.3 Å². The minimum Gasteiger partial charge on any atom is -0.264 e. The first-order valence-corrected chi connectivity index (χ1v) is 9.33. The molecule has 3 heterocycles. The van der Waals surface area contributed by atoms with Crippen molar-refractivity contribution >= 4 is 33.0 Å². The number of hydrogen-bond donors (Lipinski definition) is 1. The topological polar surface area (TPSA) is 72.0 Å². The average Bonchev–Trinajstić information content (AvgIpc) is 3.02. The van der Waals surface area contributed by atoms with Gasteiger partial charge in [-0.3, -0.25) is 9.97 Å². The molecule has 0 spiro atoms. The molecule has 0 amide bonds. The van der Waals surface area contributed by atoms with Crippen LogP contribution < -0.4 is 4.72 Å². The fourth-order valence-corrected chi connectivity index (χ4v) is 4.45. The minimum absolute atomic E-state index is 0.165. The molecule has 1 N–H and O–H groups in total. The number of rotatable bonds is 5. The van der Waals surface area contributed by atoms with Gasteiger partial charge in [-0.2, -0.15) is 0 Å². The third kappa shape index (κ3) is 3.94. The quantitative estimate of drug-likeness (QED) is 0.752. The maximum absolute atomic E-state index is 12.1. The molecule has 0 aliphatic rings. The maximum Gasteiger partial charge on any atom is 0.250 e. The summed E-state index contributed by atoms with van der Waals surface area (Å²) in [5, 5.41) is 0. The molecule has 3 rings (SSSR count). The highest BCUT2D eigenvalue weighted by molar-refractivity contribution is 7.91. The van der Waals surface area contributed by atoms with E-state index in [1.165, 1.54) is 6.07 Å². The molecule has 0 saturated carbocycles. The molecule has 0 atom stereocenters. The van der Waals surface area contributed by atoms with E-state index in [0.717, 1.165) is 28.2 Å². The van der Waals surface area contributed by atoms with E-state index in [1.807, 2.05) is 24.3 Å². The Balaban J connectivity index is 1.69. The summed E-state index contributed by atoms with van der Waals surface area (Å²) in [4.78, 5) is 8.38. The molecular formula is C15H12ClN3O2S2. The zero-order chi connectivity index (χ0) is 16.3. The van der Waals surface area contributed by atoms with Crippen LogP contribution in [0, 0.1) is 0 Å². The van der Waals surface area contributed by atoms with Gasteiger partial charge in [0, 0.05) is 30.7 Å². The Hall–Kier alpha value is -1.80. The van der Waals surface area contributed by atoms with Crippen molar-refractivity contribution in [1.82, 2.24) is 14.7 Å². The highest BCUT2D eigenvalue weighted by Gasteiger charge is 2.16. The summed E-state index contributed by atoms with van der Waals surface area (Å²) in [7, 11) is -3.55. The Labute approximate surface area is 143 Å². The Morgan fingerprint density at radius 3 is 2.61 bits per heavy atom. The molecule has 0 aliphatic carbocycles. The van der Waals surface area contributed by atoms with Gasteiger partial charge in [-0.1, -0.05) is 17.7 Å².